The number of rotatable bonds is 7. The van der Waals surface area contributed by atoms with Gasteiger partial charge in [0.25, 0.3) is 0 Å². The predicted octanol–water partition coefficient (Wildman–Crippen LogP) is 3.32. The van der Waals surface area contributed by atoms with Gasteiger partial charge in [-0.3, -0.25) is 4.68 Å². The van der Waals surface area contributed by atoms with Crippen LogP contribution in [0.25, 0.3) is 0 Å². The van der Waals surface area contributed by atoms with E-state index in [9.17, 15) is 0 Å². The van der Waals surface area contributed by atoms with Gasteiger partial charge in [0.15, 0.2) is 0 Å². The molecule has 0 aliphatic rings. The smallest absolute Gasteiger partial charge is 0.130 e. The first-order valence-corrected chi connectivity index (χ1v) is 7.66. The highest BCUT2D eigenvalue weighted by atomic mass is 35.5. The fourth-order valence-electron chi connectivity index (χ4n) is 2.13. The van der Waals surface area contributed by atoms with Gasteiger partial charge in [-0.1, -0.05) is 31.5 Å². The van der Waals surface area contributed by atoms with Crippen LogP contribution in [0.5, 0.6) is 5.75 Å². The van der Waals surface area contributed by atoms with E-state index in [4.69, 9.17) is 16.3 Å². The Morgan fingerprint density at radius 1 is 1.33 bits per heavy atom. The second-order valence-corrected chi connectivity index (χ2v) is 5.30. The van der Waals surface area contributed by atoms with Crippen LogP contribution in [-0.4, -0.2) is 16.3 Å². The summed E-state index contributed by atoms with van der Waals surface area (Å²) in [6.45, 7) is 6.25. The molecule has 4 nitrogen and oxygen atoms in total. The number of halogens is 1. The Hall–Kier alpha value is -1.52. The van der Waals surface area contributed by atoms with Crippen molar-refractivity contribution in [2.75, 3.05) is 6.54 Å². The minimum atomic E-state index is 0.489. The van der Waals surface area contributed by atoms with E-state index in [-0.39, 0.29) is 0 Å². The largest absolute Gasteiger partial charge is 0.487 e. The van der Waals surface area contributed by atoms with Crippen LogP contribution in [-0.2, 0) is 26.6 Å². The van der Waals surface area contributed by atoms with Crippen LogP contribution in [0.2, 0.25) is 5.02 Å². The average Bonchev–Trinajstić information content (AvgIpc) is 2.84. The molecule has 0 spiro atoms. The lowest BCUT2D eigenvalue weighted by molar-refractivity contribution is 0.291. The third-order valence-corrected chi connectivity index (χ3v) is 3.75. The zero-order valence-electron chi connectivity index (χ0n) is 12.8. The summed E-state index contributed by atoms with van der Waals surface area (Å²) in [7, 11) is 1.94. The highest BCUT2D eigenvalue weighted by molar-refractivity contribution is 6.31. The molecule has 0 saturated carbocycles. The highest BCUT2D eigenvalue weighted by Gasteiger charge is 2.10. The van der Waals surface area contributed by atoms with E-state index in [0.29, 0.717) is 13.2 Å². The first-order valence-electron chi connectivity index (χ1n) is 7.28. The van der Waals surface area contributed by atoms with Gasteiger partial charge in [-0.25, -0.2) is 0 Å². The Labute approximate surface area is 131 Å². The molecule has 1 aromatic heterocycles. The molecule has 1 heterocycles. The van der Waals surface area contributed by atoms with Crippen LogP contribution in [0.3, 0.4) is 0 Å². The zero-order chi connectivity index (χ0) is 15.2. The van der Waals surface area contributed by atoms with E-state index in [1.165, 1.54) is 0 Å². The average molecular weight is 308 g/mol. The molecule has 0 bridgehead atoms. The minimum Gasteiger partial charge on any atom is -0.487 e. The lowest BCUT2D eigenvalue weighted by Crippen LogP contribution is -2.13. The van der Waals surface area contributed by atoms with Crippen molar-refractivity contribution in [1.82, 2.24) is 15.1 Å². The van der Waals surface area contributed by atoms with Gasteiger partial charge in [0.05, 0.1) is 11.4 Å². The molecule has 21 heavy (non-hydrogen) atoms. The van der Waals surface area contributed by atoms with Gasteiger partial charge < -0.3 is 10.1 Å². The van der Waals surface area contributed by atoms with Gasteiger partial charge in [0.2, 0.25) is 0 Å². The van der Waals surface area contributed by atoms with E-state index >= 15 is 0 Å². The Kier molecular flexibility index (Phi) is 5.65. The standard InChI is InChI=1S/C16H22ClN3O/c1-4-12-9-13(20(3)19-12)11-21-16-8-6-7-15(17)14(16)10-18-5-2/h6-9,18H,4-5,10-11H2,1-3H3. The molecular weight excluding hydrogens is 286 g/mol. The van der Waals surface area contributed by atoms with Crippen molar-refractivity contribution < 1.29 is 4.74 Å². The second kappa shape index (κ2) is 7.48. The molecule has 0 fully saturated rings. The van der Waals surface area contributed by atoms with Gasteiger partial charge in [-0.2, -0.15) is 5.10 Å². The Morgan fingerprint density at radius 3 is 2.81 bits per heavy atom. The van der Waals surface area contributed by atoms with Crippen molar-refractivity contribution in [3.8, 4) is 5.75 Å². The number of benzene rings is 1. The fraction of sp³-hybridized carbons (Fsp3) is 0.438. The zero-order valence-corrected chi connectivity index (χ0v) is 13.6. The lowest BCUT2D eigenvalue weighted by atomic mass is 10.2. The SMILES string of the molecule is CCNCc1c(Cl)cccc1OCc1cc(CC)nn1C. The van der Waals surface area contributed by atoms with Crippen LogP contribution >= 0.6 is 11.6 Å². The van der Waals surface area contributed by atoms with Crippen molar-refractivity contribution in [3.05, 3.63) is 46.2 Å². The molecule has 5 heteroatoms. The first-order chi connectivity index (χ1) is 10.2. The number of nitrogens with zero attached hydrogens (tertiary/aromatic N) is 2. The van der Waals surface area contributed by atoms with Crippen molar-refractivity contribution in [3.63, 3.8) is 0 Å². The molecule has 114 valence electrons. The van der Waals surface area contributed by atoms with Gasteiger partial charge in [-0.05, 0) is 31.2 Å². The van der Waals surface area contributed by atoms with Crippen LogP contribution in [0.4, 0.5) is 0 Å². The topological polar surface area (TPSA) is 39.1 Å². The molecular formula is C16H22ClN3O. The monoisotopic (exact) mass is 307 g/mol. The summed E-state index contributed by atoms with van der Waals surface area (Å²) in [6.07, 6.45) is 0.927. The predicted molar refractivity (Wildman–Crippen MR) is 85.8 cm³/mol. The van der Waals surface area contributed by atoms with E-state index in [1.54, 1.807) is 0 Å². The molecule has 0 atom stereocenters. The van der Waals surface area contributed by atoms with E-state index in [2.05, 4.69) is 30.3 Å². The molecule has 0 unspecified atom stereocenters. The maximum Gasteiger partial charge on any atom is 0.130 e. The number of hydrogen-bond donors (Lipinski definition) is 1. The van der Waals surface area contributed by atoms with Crippen LogP contribution in [0.1, 0.15) is 30.8 Å². The lowest BCUT2D eigenvalue weighted by Gasteiger charge is -2.13. The molecule has 0 aliphatic carbocycles. The maximum atomic E-state index is 6.27. The van der Waals surface area contributed by atoms with Crippen molar-refractivity contribution in [1.29, 1.82) is 0 Å². The molecule has 2 rings (SSSR count). The molecule has 1 N–H and O–H groups in total. The molecule has 2 aromatic rings. The van der Waals surface area contributed by atoms with E-state index in [0.717, 1.165) is 40.7 Å². The summed E-state index contributed by atoms with van der Waals surface area (Å²) >= 11 is 6.27. The van der Waals surface area contributed by atoms with Crippen molar-refractivity contribution in [2.24, 2.45) is 7.05 Å². The number of ether oxygens (including phenoxy) is 1. The second-order valence-electron chi connectivity index (χ2n) is 4.89. The quantitative estimate of drug-likeness (QED) is 0.853. The number of nitrogens with one attached hydrogen (secondary N) is 1. The normalized spacial score (nSPS) is 10.9. The summed E-state index contributed by atoms with van der Waals surface area (Å²) in [4.78, 5) is 0. The Bertz CT molecular complexity index is 595. The van der Waals surface area contributed by atoms with Gasteiger partial charge in [0.1, 0.15) is 12.4 Å². The van der Waals surface area contributed by atoms with Crippen molar-refractivity contribution >= 4 is 11.6 Å². The number of aryl methyl sites for hydroxylation is 2. The van der Waals surface area contributed by atoms with E-state index < -0.39 is 0 Å². The van der Waals surface area contributed by atoms with Crippen molar-refractivity contribution in [2.45, 2.75) is 33.4 Å². The molecule has 0 saturated heterocycles. The Balaban J connectivity index is 2.11. The maximum absolute atomic E-state index is 6.27. The minimum absolute atomic E-state index is 0.489. The van der Waals surface area contributed by atoms with Gasteiger partial charge in [0, 0.05) is 24.2 Å². The molecule has 0 aliphatic heterocycles. The highest BCUT2D eigenvalue weighted by Crippen LogP contribution is 2.27. The van der Waals surface area contributed by atoms with Gasteiger partial charge >= 0.3 is 0 Å². The third-order valence-electron chi connectivity index (χ3n) is 3.39. The van der Waals surface area contributed by atoms with Crippen LogP contribution < -0.4 is 10.1 Å². The van der Waals surface area contributed by atoms with Crippen LogP contribution in [0.15, 0.2) is 24.3 Å². The summed E-state index contributed by atoms with van der Waals surface area (Å²) in [5.41, 5.74) is 3.13. The summed E-state index contributed by atoms with van der Waals surface area (Å²) in [5.74, 6) is 0.822. The van der Waals surface area contributed by atoms with Crippen LogP contribution in [0, 0.1) is 0 Å². The fourth-order valence-corrected chi connectivity index (χ4v) is 2.36. The first kappa shape index (κ1) is 15.9. The molecule has 1 aromatic carbocycles. The van der Waals surface area contributed by atoms with E-state index in [1.807, 2.05) is 29.9 Å². The van der Waals surface area contributed by atoms with Gasteiger partial charge in [-0.15, -0.1) is 0 Å². The number of aromatic nitrogens is 2. The summed E-state index contributed by atoms with van der Waals surface area (Å²) in [5, 5.41) is 8.45. The third kappa shape index (κ3) is 3.99. The summed E-state index contributed by atoms with van der Waals surface area (Å²) < 4.78 is 7.82. The molecule has 0 radical (unpaired) electrons. The molecule has 0 amide bonds. The number of hydrogen-bond acceptors (Lipinski definition) is 3. The summed E-state index contributed by atoms with van der Waals surface area (Å²) in [6, 6.07) is 7.83. The Morgan fingerprint density at radius 2 is 2.14 bits per heavy atom.